The van der Waals surface area contributed by atoms with E-state index in [1.807, 2.05) is 0 Å². The van der Waals surface area contributed by atoms with E-state index in [4.69, 9.17) is 10.4 Å². The van der Waals surface area contributed by atoms with Gasteiger partial charge in [0.1, 0.15) is 11.8 Å². The molecule has 1 heterocycles. The van der Waals surface area contributed by atoms with Crippen LogP contribution in [0.1, 0.15) is 28.2 Å². The Kier molecular flexibility index (Phi) is 3.31. The van der Waals surface area contributed by atoms with Gasteiger partial charge in [-0.25, -0.2) is 18.6 Å². The molecule has 1 N–H and O–H groups in total. The smallest absolute Gasteiger partial charge is 0.355 e. The molecule has 0 amide bonds. The van der Waals surface area contributed by atoms with Gasteiger partial charge in [-0.3, -0.25) is 0 Å². The van der Waals surface area contributed by atoms with Gasteiger partial charge < -0.3 is 5.11 Å². The molecule has 0 spiro atoms. The van der Waals surface area contributed by atoms with E-state index in [0.717, 1.165) is 6.07 Å². The summed E-state index contributed by atoms with van der Waals surface area (Å²) >= 11 is 2.79. The number of carboxylic acid groups (broad SMARTS) is 1. The second kappa shape index (κ2) is 4.31. The van der Waals surface area contributed by atoms with Crippen molar-refractivity contribution in [3.05, 3.63) is 27.5 Å². The average molecular weight is 277 g/mol. The number of alkyl halides is 2. The van der Waals surface area contributed by atoms with Gasteiger partial charge in [-0.1, -0.05) is 0 Å². The maximum absolute atomic E-state index is 12.4. The van der Waals surface area contributed by atoms with Crippen LogP contribution >= 0.6 is 15.9 Å². The predicted molar refractivity (Wildman–Crippen MR) is 48.6 cm³/mol. The third-order valence-corrected chi connectivity index (χ3v) is 2.15. The Bertz CT molecular complexity index is 457. The first-order valence-electron chi connectivity index (χ1n) is 3.59. The fourth-order valence-corrected chi connectivity index (χ4v) is 1.41. The summed E-state index contributed by atoms with van der Waals surface area (Å²) in [5.74, 6) is -1.39. The Labute approximate surface area is 91.3 Å². The molecule has 7 heteroatoms. The van der Waals surface area contributed by atoms with Gasteiger partial charge >= 0.3 is 5.97 Å². The van der Waals surface area contributed by atoms with Gasteiger partial charge in [-0.05, 0) is 22.0 Å². The van der Waals surface area contributed by atoms with E-state index >= 15 is 0 Å². The molecule has 0 aliphatic rings. The van der Waals surface area contributed by atoms with Gasteiger partial charge in [0.05, 0.1) is 10.0 Å². The van der Waals surface area contributed by atoms with Crippen LogP contribution in [-0.4, -0.2) is 16.1 Å². The van der Waals surface area contributed by atoms with Crippen LogP contribution in [0.25, 0.3) is 0 Å². The maximum Gasteiger partial charge on any atom is 0.355 e. The number of carboxylic acids is 1. The summed E-state index contributed by atoms with van der Waals surface area (Å²) in [5.41, 5.74) is -1.63. The predicted octanol–water partition coefficient (Wildman–Crippen LogP) is 2.35. The maximum atomic E-state index is 12.4. The zero-order valence-electron chi connectivity index (χ0n) is 7.04. The summed E-state index contributed by atoms with van der Waals surface area (Å²) in [6.07, 6.45) is -2.87. The molecule has 0 aromatic carbocycles. The summed E-state index contributed by atoms with van der Waals surface area (Å²) in [6.45, 7) is 0. The zero-order valence-corrected chi connectivity index (χ0v) is 8.62. The molecule has 15 heavy (non-hydrogen) atoms. The minimum Gasteiger partial charge on any atom is -0.476 e. The number of hydrogen-bond acceptors (Lipinski definition) is 3. The van der Waals surface area contributed by atoms with Crippen LogP contribution in [-0.2, 0) is 0 Å². The largest absolute Gasteiger partial charge is 0.476 e. The highest BCUT2D eigenvalue weighted by Crippen LogP contribution is 2.26. The molecule has 0 bridgehead atoms. The lowest BCUT2D eigenvalue weighted by Gasteiger charge is -2.04. The molecule has 78 valence electrons. The van der Waals surface area contributed by atoms with Crippen molar-refractivity contribution in [2.45, 2.75) is 6.43 Å². The highest BCUT2D eigenvalue weighted by Gasteiger charge is 2.20. The fourth-order valence-electron chi connectivity index (χ4n) is 0.909. The van der Waals surface area contributed by atoms with Crippen LogP contribution in [0, 0.1) is 11.3 Å². The van der Waals surface area contributed by atoms with Gasteiger partial charge in [0.2, 0.25) is 0 Å². The summed E-state index contributed by atoms with van der Waals surface area (Å²) in [6, 6.07) is 2.31. The number of hydrogen-bond donors (Lipinski definition) is 1. The van der Waals surface area contributed by atoms with E-state index in [-0.39, 0.29) is 4.47 Å². The van der Waals surface area contributed by atoms with Crippen LogP contribution in [0.4, 0.5) is 8.78 Å². The molecule has 1 rings (SSSR count). The van der Waals surface area contributed by atoms with Gasteiger partial charge in [0.25, 0.3) is 6.43 Å². The Balaban J connectivity index is 3.44. The second-order valence-electron chi connectivity index (χ2n) is 2.47. The van der Waals surface area contributed by atoms with Crippen molar-refractivity contribution in [2.24, 2.45) is 0 Å². The molecule has 0 atom stereocenters. The molecule has 1 aromatic rings. The first-order valence-corrected chi connectivity index (χ1v) is 4.38. The van der Waals surface area contributed by atoms with E-state index in [9.17, 15) is 13.6 Å². The number of halogens is 3. The van der Waals surface area contributed by atoms with Crippen LogP contribution in [0.2, 0.25) is 0 Å². The van der Waals surface area contributed by atoms with E-state index in [1.165, 1.54) is 6.07 Å². The molecule has 0 aliphatic carbocycles. The van der Waals surface area contributed by atoms with Crippen molar-refractivity contribution in [2.75, 3.05) is 0 Å². The molecule has 0 saturated heterocycles. The van der Waals surface area contributed by atoms with Crippen molar-refractivity contribution < 1.29 is 18.7 Å². The molecule has 0 fully saturated rings. The molecule has 0 aliphatic heterocycles. The van der Waals surface area contributed by atoms with Crippen LogP contribution in [0.3, 0.4) is 0 Å². The summed E-state index contributed by atoms with van der Waals surface area (Å²) < 4.78 is 24.7. The molecular weight excluding hydrogens is 274 g/mol. The number of rotatable bonds is 2. The normalized spacial score (nSPS) is 10.1. The number of carbonyl (C=O) groups is 1. The number of aromatic nitrogens is 1. The second-order valence-corrected chi connectivity index (χ2v) is 3.33. The zero-order chi connectivity index (χ0) is 11.6. The third-order valence-electron chi connectivity index (χ3n) is 1.55. The van der Waals surface area contributed by atoms with Crippen molar-refractivity contribution in [1.29, 1.82) is 5.26 Å². The minimum absolute atomic E-state index is 0.0794. The summed E-state index contributed by atoms with van der Waals surface area (Å²) in [4.78, 5) is 13.9. The lowest BCUT2D eigenvalue weighted by molar-refractivity contribution is 0.0688. The van der Waals surface area contributed by atoms with Crippen molar-refractivity contribution in [1.82, 2.24) is 4.98 Å². The fraction of sp³-hybridized carbons (Fsp3) is 0.125. The van der Waals surface area contributed by atoms with E-state index in [1.54, 1.807) is 0 Å². The highest BCUT2D eigenvalue weighted by atomic mass is 79.9. The monoisotopic (exact) mass is 276 g/mol. The number of nitriles is 1. The third kappa shape index (κ3) is 2.27. The van der Waals surface area contributed by atoms with Crippen molar-refractivity contribution in [3.63, 3.8) is 0 Å². The van der Waals surface area contributed by atoms with E-state index in [2.05, 4.69) is 20.9 Å². The Hall–Kier alpha value is -1.55. The van der Waals surface area contributed by atoms with Crippen molar-refractivity contribution >= 4 is 21.9 Å². The van der Waals surface area contributed by atoms with Gasteiger partial charge in [-0.2, -0.15) is 5.26 Å². The lowest BCUT2D eigenvalue weighted by Crippen LogP contribution is -2.06. The van der Waals surface area contributed by atoms with E-state index in [0.29, 0.717) is 0 Å². The standard InChI is InChI=1S/C8H3BrF2N2O2/c9-4-1-3(7(10)11)5(2-12)13-6(4)8(14)15/h1,7H,(H,14,15). The number of nitrogens with zero attached hydrogens (tertiary/aromatic N) is 2. The quantitative estimate of drug-likeness (QED) is 0.900. The number of aromatic carboxylic acids is 1. The molecule has 4 nitrogen and oxygen atoms in total. The summed E-state index contributed by atoms with van der Waals surface area (Å²) in [5, 5.41) is 17.1. The van der Waals surface area contributed by atoms with Gasteiger partial charge in [0.15, 0.2) is 5.69 Å². The van der Waals surface area contributed by atoms with Gasteiger partial charge in [0, 0.05) is 0 Å². The molecule has 0 saturated carbocycles. The highest BCUT2D eigenvalue weighted by molar-refractivity contribution is 9.10. The van der Waals surface area contributed by atoms with E-state index < -0.39 is 29.3 Å². The minimum atomic E-state index is -2.87. The Morgan fingerprint density at radius 2 is 2.27 bits per heavy atom. The van der Waals surface area contributed by atoms with Crippen LogP contribution in [0.5, 0.6) is 0 Å². The summed E-state index contributed by atoms with van der Waals surface area (Å²) in [7, 11) is 0. The first-order chi connectivity index (χ1) is 6.97. The molecular formula is C8H3BrF2N2O2. The van der Waals surface area contributed by atoms with Crippen LogP contribution < -0.4 is 0 Å². The van der Waals surface area contributed by atoms with Crippen molar-refractivity contribution in [3.8, 4) is 6.07 Å². The molecule has 1 aromatic heterocycles. The number of pyridine rings is 1. The van der Waals surface area contributed by atoms with Crippen LogP contribution in [0.15, 0.2) is 10.5 Å². The van der Waals surface area contributed by atoms with Gasteiger partial charge in [-0.15, -0.1) is 0 Å². The average Bonchev–Trinajstić information content (AvgIpc) is 2.16. The SMILES string of the molecule is N#Cc1nc(C(=O)O)c(Br)cc1C(F)F. The Morgan fingerprint density at radius 1 is 1.67 bits per heavy atom. The lowest BCUT2D eigenvalue weighted by atomic mass is 10.2. The topological polar surface area (TPSA) is 74.0 Å². The molecule has 0 radical (unpaired) electrons. The first kappa shape index (κ1) is 11.5. The molecule has 0 unspecified atom stereocenters. The Morgan fingerprint density at radius 3 is 2.67 bits per heavy atom.